The molecule has 3 aromatic carbocycles. The Hall–Kier alpha value is -3.73. The average molecular weight is 416 g/mol. The quantitative estimate of drug-likeness (QED) is 0.470. The second kappa shape index (κ2) is 8.96. The number of ether oxygens (including phenoxy) is 4. The maximum absolute atomic E-state index is 12.9. The number of ketones is 1. The molecule has 0 N–H and O–H groups in total. The van der Waals surface area contributed by atoms with Gasteiger partial charge in [-0.15, -0.1) is 0 Å². The van der Waals surface area contributed by atoms with Crippen LogP contribution in [0.4, 0.5) is 0 Å². The minimum Gasteiger partial charge on any atom is -0.497 e. The van der Waals surface area contributed by atoms with Gasteiger partial charge in [0.1, 0.15) is 29.6 Å². The SMILES string of the molecule is CCOc1ccc(/C=C2\Oc3cc(OCc4cccc(OC)c4)cc(C)c3C2=O)cc1. The first-order valence-corrected chi connectivity index (χ1v) is 10.1. The van der Waals surface area contributed by atoms with Gasteiger partial charge >= 0.3 is 0 Å². The van der Waals surface area contributed by atoms with E-state index in [9.17, 15) is 4.79 Å². The highest BCUT2D eigenvalue weighted by molar-refractivity contribution is 6.15. The Morgan fingerprint density at radius 1 is 0.935 bits per heavy atom. The van der Waals surface area contributed by atoms with Crippen molar-refractivity contribution in [2.45, 2.75) is 20.5 Å². The van der Waals surface area contributed by atoms with Crippen LogP contribution < -0.4 is 18.9 Å². The Bertz CT molecular complexity index is 1130. The highest BCUT2D eigenvalue weighted by Crippen LogP contribution is 2.37. The summed E-state index contributed by atoms with van der Waals surface area (Å²) in [4.78, 5) is 12.9. The molecule has 3 aromatic rings. The van der Waals surface area contributed by atoms with E-state index < -0.39 is 0 Å². The van der Waals surface area contributed by atoms with Crippen LogP contribution in [-0.2, 0) is 6.61 Å². The van der Waals surface area contributed by atoms with Gasteiger partial charge in [0.05, 0.1) is 19.3 Å². The molecule has 0 spiro atoms. The number of fused-ring (bicyclic) bond motifs is 1. The first-order chi connectivity index (χ1) is 15.1. The highest BCUT2D eigenvalue weighted by atomic mass is 16.5. The number of aryl methyl sites for hydroxylation is 1. The first-order valence-electron chi connectivity index (χ1n) is 10.1. The number of benzene rings is 3. The third-order valence-electron chi connectivity index (χ3n) is 4.97. The van der Waals surface area contributed by atoms with Crippen LogP contribution in [0.2, 0.25) is 0 Å². The normalized spacial score (nSPS) is 13.6. The van der Waals surface area contributed by atoms with Gasteiger partial charge in [-0.3, -0.25) is 4.79 Å². The van der Waals surface area contributed by atoms with E-state index in [1.54, 1.807) is 19.3 Å². The summed E-state index contributed by atoms with van der Waals surface area (Å²) in [5.74, 6) is 2.91. The van der Waals surface area contributed by atoms with Crippen LogP contribution in [0.25, 0.3) is 6.08 Å². The Labute approximate surface area is 181 Å². The maximum atomic E-state index is 12.9. The number of methoxy groups -OCH3 is 1. The fourth-order valence-corrected chi connectivity index (χ4v) is 3.47. The van der Waals surface area contributed by atoms with E-state index in [1.165, 1.54) is 0 Å². The van der Waals surface area contributed by atoms with Gasteiger partial charge in [-0.1, -0.05) is 24.3 Å². The largest absolute Gasteiger partial charge is 0.497 e. The second-order valence-corrected chi connectivity index (χ2v) is 7.20. The number of allylic oxidation sites excluding steroid dienone is 1. The van der Waals surface area contributed by atoms with Crippen LogP contribution in [0.15, 0.2) is 66.4 Å². The number of Topliss-reactive ketones (excluding diaryl/α,β-unsaturated/α-hetero) is 1. The van der Waals surface area contributed by atoms with E-state index in [2.05, 4.69) is 0 Å². The summed E-state index contributed by atoms with van der Waals surface area (Å²) in [5.41, 5.74) is 3.25. The van der Waals surface area contributed by atoms with E-state index in [4.69, 9.17) is 18.9 Å². The van der Waals surface area contributed by atoms with Crippen LogP contribution in [0.5, 0.6) is 23.0 Å². The molecular formula is C26H24O5. The molecule has 0 aromatic heterocycles. The molecular weight excluding hydrogens is 392 g/mol. The van der Waals surface area contributed by atoms with E-state index in [-0.39, 0.29) is 5.78 Å². The zero-order chi connectivity index (χ0) is 21.8. The molecule has 0 bridgehead atoms. The standard InChI is InChI=1S/C26H24O5/c1-4-29-20-10-8-18(9-11-20)14-24-26(27)25-17(2)12-22(15-23(25)31-24)30-16-19-6-5-7-21(13-19)28-3/h5-15H,4,16H2,1-3H3/b24-14-. The molecule has 0 aliphatic carbocycles. The van der Waals surface area contributed by atoms with Gasteiger partial charge in [0.2, 0.25) is 5.78 Å². The van der Waals surface area contributed by atoms with Gasteiger partial charge in [-0.05, 0) is 66.9 Å². The summed E-state index contributed by atoms with van der Waals surface area (Å²) in [5, 5.41) is 0. The average Bonchev–Trinajstić information content (AvgIpc) is 3.09. The Balaban J connectivity index is 1.51. The van der Waals surface area contributed by atoms with Gasteiger partial charge in [-0.25, -0.2) is 0 Å². The minimum atomic E-state index is -0.124. The lowest BCUT2D eigenvalue weighted by Gasteiger charge is -2.10. The van der Waals surface area contributed by atoms with Crippen molar-refractivity contribution in [3.05, 3.63) is 88.7 Å². The Morgan fingerprint density at radius 3 is 2.48 bits per heavy atom. The van der Waals surface area contributed by atoms with E-state index >= 15 is 0 Å². The van der Waals surface area contributed by atoms with Crippen LogP contribution in [0, 0.1) is 6.92 Å². The van der Waals surface area contributed by atoms with Crippen molar-refractivity contribution in [3.63, 3.8) is 0 Å². The number of carbonyl (C=O) groups excluding carboxylic acids is 1. The molecule has 0 atom stereocenters. The molecule has 1 heterocycles. The Morgan fingerprint density at radius 2 is 1.74 bits per heavy atom. The first kappa shape index (κ1) is 20.5. The molecule has 158 valence electrons. The lowest BCUT2D eigenvalue weighted by Crippen LogP contribution is -2.00. The molecule has 5 nitrogen and oxygen atoms in total. The molecule has 0 amide bonds. The van der Waals surface area contributed by atoms with Crippen molar-refractivity contribution in [1.29, 1.82) is 0 Å². The lowest BCUT2D eigenvalue weighted by atomic mass is 10.0. The van der Waals surface area contributed by atoms with Crippen molar-refractivity contribution < 1.29 is 23.7 Å². The molecule has 1 aliphatic heterocycles. The fraction of sp³-hybridized carbons (Fsp3) is 0.192. The van der Waals surface area contributed by atoms with Crippen molar-refractivity contribution in [2.75, 3.05) is 13.7 Å². The van der Waals surface area contributed by atoms with Crippen molar-refractivity contribution in [3.8, 4) is 23.0 Å². The predicted octanol–water partition coefficient (Wildman–Crippen LogP) is 5.60. The predicted molar refractivity (Wildman–Crippen MR) is 119 cm³/mol. The highest BCUT2D eigenvalue weighted by Gasteiger charge is 2.30. The van der Waals surface area contributed by atoms with Crippen LogP contribution in [0.3, 0.4) is 0 Å². The van der Waals surface area contributed by atoms with E-state index in [1.807, 2.05) is 68.4 Å². The second-order valence-electron chi connectivity index (χ2n) is 7.20. The molecule has 4 rings (SSSR count). The zero-order valence-corrected chi connectivity index (χ0v) is 17.8. The molecule has 0 saturated carbocycles. The molecule has 0 saturated heterocycles. The maximum Gasteiger partial charge on any atom is 0.232 e. The summed E-state index contributed by atoms with van der Waals surface area (Å²) in [6.07, 6.45) is 1.74. The van der Waals surface area contributed by atoms with Gasteiger partial charge in [-0.2, -0.15) is 0 Å². The topological polar surface area (TPSA) is 54.0 Å². The number of hydrogen-bond donors (Lipinski definition) is 0. The minimum absolute atomic E-state index is 0.124. The van der Waals surface area contributed by atoms with Crippen LogP contribution in [-0.4, -0.2) is 19.5 Å². The molecule has 31 heavy (non-hydrogen) atoms. The van der Waals surface area contributed by atoms with Crippen LogP contribution in [0.1, 0.15) is 34.0 Å². The van der Waals surface area contributed by atoms with E-state index in [0.29, 0.717) is 36.0 Å². The van der Waals surface area contributed by atoms with Gasteiger partial charge in [0.25, 0.3) is 0 Å². The third kappa shape index (κ3) is 4.56. The molecule has 0 unspecified atom stereocenters. The summed E-state index contributed by atoms with van der Waals surface area (Å²) in [7, 11) is 1.64. The third-order valence-corrected chi connectivity index (χ3v) is 4.97. The number of hydrogen-bond acceptors (Lipinski definition) is 5. The molecule has 0 fully saturated rings. The van der Waals surface area contributed by atoms with Crippen molar-refractivity contribution >= 4 is 11.9 Å². The van der Waals surface area contributed by atoms with Gasteiger partial charge in [0.15, 0.2) is 5.76 Å². The smallest absolute Gasteiger partial charge is 0.232 e. The van der Waals surface area contributed by atoms with Crippen molar-refractivity contribution in [2.24, 2.45) is 0 Å². The Kier molecular flexibility index (Phi) is 5.94. The molecule has 5 heteroatoms. The van der Waals surface area contributed by atoms with E-state index in [0.717, 1.165) is 28.2 Å². The van der Waals surface area contributed by atoms with Crippen LogP contribution >= 0.6 is 0 Å². The fourth-order valence-electron chi connectivity index (χ4n) is 3.47. The summed E-state index contributed by atoms with van der Waals surface area (Å²) < 4.78 is 22.5. The van der Waals surface area contributed by atoms with Gasteiger partial charge < -0.3 is 18.9 Å². The molecule has 0 radical (unpaired) electrons. The molecule has 1 aliphatic rings. The summed E-state index contributed by atoms with van der Waals surface area (Å²) >= 11 is 0. The van der Waals surface area contributed by atoms with Crippen molar-refractivity contribution in [1.82, 2.24) is 0 Å². The number of carbonyl (C=O) groups is 1. The zero-order valence-electron chi connectivity index (χ0n) is 17.8. The van der Waals surface area contributed by atoms with Gasteiger partial charge in [0, 0.05) is 6.07 Å². The monoisotopic (exact) mass is 416 g/mol. The summed E-state index contributed by atoms with van der Waals surface area (Å²) in [6, 6.07) is 18.9. The summed E-state index contributed by atoms with van der Waals surface area (Å²) in [6.45, 7) is 4.82. The number of rotatable bonds is 7. The lowest BCUT2D eigenvalue weighted by molar-refractivity contribution is 0.101.